The highest BCUT2D eigenvalue weighted by Gasteiger charge is 2.15. The van der Waals surface area contributed by atoms with E-state index < -0.39 is 5.91 Å². The van der Waals surface area contributed by atoms with Gasteiger partial charge in [0.2, 0.25) is 12.7 Å². The normalized spacial score (nSPS) is 11.9. The molecule has 9 heteroatoms. The molecule has 0 unspecified atom stereocenters. The van der Waals surface area contributed by atoms with Crippen molar-refractivity contribution in [3.05, 3.63) is 64.2 Å². The van der Waals surface area contributed by atoms with Gasteiger partial charge in [-0.2, -0.15) is 0 Å². The number of carbonyl (C=O) groups excluding carboxylic acids is 1. The highest BCUT2D eigenvalue weighted by atomic mass is 35.5. The predicted octanol–water partition coefficient (Wildman–Crippen LogP) is 2.94. The van der Waals surface area contributed by atoms with Crippen LogP contribution in [0.2, 0.25) is 5.02 Å². The number of anilines is 1. The molecule has 0 saturated carbocycles. The summed E-state index contributed by atoms with van der Waals surface area (Å²) in [5.74, 6) is 1.30. The largest absolute Gasteiger partial charge is 0.495 e. The minimum atomic E-state index is -0.412. The Hall–Kier alpha value is -3.52. The Morgan fingerprint density at radius 2 is 2.03 bits per heavy atom. The number of amides is 1. The molecule has 148 valence electrons. The Morgan fingerprint density at radius 1 is 1.21 bits per heavy atom. The van der Waals surface area contributed by atoms with E-state index in [-0.39, 0.29) is 18.9 Å². The highest BCUT2D eigenvalue weighted by molar-refractivity contribution is 6.31. The third-order valence-electron chi connectivity index (χ3n) is 4.30. The Labute approximate surface area is 170 Å². The Kier molecular flexibility index (Phi) is 5.09. The number of ether oxygens (including phenoxy) is 3. The van der Waals surface area contributed by atoms with E-state index in [1.165, 1.54) is 24.1 Å². The lowest BCUT2D eigenvalue weighted by molar-refractivity contribution is -0.116. The van der Waals surface area contributed by atoms with Crippen LogP contribution < -0.4 is 25.1 Å². The minimum absolute atomic E-state index is 0.167. The summed E-state index contributed by atoms with van der Waals surface area (Å²) in [6, 6.07) is 11.5. The summed E-state index contributed by atoms with van der Waals surface area (Å²) in [4.78, 5) is 29.1. The lowest BCUT2D eigenvalue weighted by atomic mass is 10.1. The fraction of sp³-hybridized carbons (Fsp3) is 0.150. The van der Waals surface area contributed by atoms with E-state index in [4.69, 9.17) is 25.8 Å². The van der Waals surface area contributed by atoms with Crippen LogP contribution in [0.4, 0.5) is 5.69 Å². The third kappa shape index (κ3) is 4.02. The van der Waals surface area contributed by atoms with Gasteiger partial charge in [-0.1, -0.05) is 11.6 Å². The average Bonchev–Trinajstić information content (AvgIpc) is 3.17. The fourth-order valence-corrected chi connectivity index (χ4v) is 3.05. The van der Waals surface area contributed by atoms with Crippen molar-refractivity contribution in [2.75, 3.05) is 19.2 Å². The molecule has 0 fully saturated rings. The van der Waals surface area contributed by atoms with Crippen LogP contribution in [0.3, 0.4) is 0 Å². The van der Waals surface area contributed by atoms with Crippen LogP contribution in [0.1, 0.15) is 0 Å². The molecule has 1 amide bonds. The molecule has 1 aromatic heterocycles. The van der Waals surface area contributed by atoms with E-state index in [2.05, 4.69) is 10.3 Å². The number of nitrogens with one attached hydrogen (secondary N) is 1. The standard InChI is InChI=1S/C20H16ClN3O5/c1-27-16-5-3-13(21)7-15(16)23-19(25)9-24-10-22-14(8-20(24)26)12-2-4-17-18(6-12)29-11-28-17/h2-8,10H,9,11H2,1H3,(H,23,25). The number of rotatable bonds is 5. The summed E-state index contributed by atoms with van der Waals surface area (Å²) in [5.41, 5.74) is 1.25. The smallest absolute Gasteiger partial charge is 0.254 e. The SMILES string of the molecule is COc1ccc(Cl)cc1NC(=O)Cn1cnc(-c2ccc3c(c2)OCO3)cc1=O. The molecule has 1 aliphatic rings. The number of halogens is 1. The quantitative estimate of drug-likeness (QED) is 0.691. The molecule has 0 spiro atoms. The van der Waals surface area contributed by atoms with Crippen molar-refractivity contribution >= 4 is 23.2 Å². The van der Waals surface area contributed by atoms with Crippen molar-refractivity contribution in [1.29, 1.82) is 0 Å². The van der Waals surface area contributed by atoms with Gasteiger partial charge in [-0.3, -0.25) is 14.2 Å². The molecule has 2 heterocycles. The van der Waals surface area contributed by atoms with Gasteiger partial charge in [0.05, 0.1) is 24.8 Å². The number of aromatic nitrogens is 2. The molecule has 0 saturated heterocycles. The topological polar surface area (TPSA) is 91.7 Å². The molecule has 0 aliphatic carbocycles. The number of hydrogen-bond donors (Lipinski definition) is 1. The fourth-order valence-electron chi connectivity index (χ4n) is 2.88. The highest BCUT2D eigenvalue weighted by Crippen LogP contribution is 2.35. The zero-order chi connectivity index (χ0) is 20.4. The summed E-state index contributed by atoms with van der Waals surface area (Å²) >= 11 is 5.96. The first-order valence-electron chi connectivity index (χ1n) is 8.63. The van der Waals surface area contributed by atoms with Crippen LogP contribution in [0.25, 0.3) is 11.3 Å². The van der Waals surface area contributed by atoms with E-state index in [1.807, 2.05) is 0 Å². The van der Waals surface area contributed by atoms with Crippen molar-refractivity contribution in [2.45, 2.75) is 6.54 Å². The molecule has 29 heavy (non-hydrogen) atoms. The summed E-state index contributed by atoms with van der Waals surface area (Å²) in [6.45, 7) is -0.0384. The monoisotopic (exact) mass is 413 g/mol. The summed E-state index contributed by atoms with van der Waals surface area (Å²) < 4.78 is 17.0. The van der Waals surface area contributed by atoms with Crippen LogP contribution >= 0.6 is 11.6 Å². The van der Waals surface area contributed by atoms with Crippen molar-refractivity contribution in [3.8, 4) is 28.5 Å². The van der Waals surface area contributed by atoms with Crippen LogP contribution in [0, 0.1) is 0 Å². The second-order valence-corrected chi connectivity index (χ2v) is 6.64. The van der Waals surface area contributed by atoms with Crippen molar-refractivity contribution in [1.82, 2.24) is 9.55 Å². The summed E-state index contributed by atoms with van der Waals surface area (Å²) in [6.07, 6.45) is 1.33. The lowest BCUT2D eigenvalue weighted by Gasteiger charge is -2.11. The zero-order valence-electron chi connectivity index (χ0n) is 15.3. The second kappa shape index (κ2) is 7.84. The molecule has 3 aromatic rings. The number of fused-ring (bicyclic) bond motifs is 1. The lowest BCUT2D eigenvalue weighted by Crippen LogP contribution is -2.27. The second-order valence-electron chi connectivity index (χ2n) is 6.20. The van der Waals surface area contributed by atoms with Crippen molar-refractivity contribution in [3.63, 3.8) is 0 Å². The van der Waals surface area contributed by atoms with Crippen LogP contribution in [-0.4, -0.2) is 29.4 Å². The van der Waals surface area contributed by atoms with Crippen molar-refractivity contribution in [2.24, 2.45) is 0 Å². The van der Waals surface area contributed by atoms with Gasteiger partial charge in [0.1, 0.15) is 12.3 Å². The van der Waals surface area contributed by atoms with Gasteiger partial charge in [-0.15, -0.1) is 0 Å². The maximum absolute atomic E-state index is 12.5. The van der Waals surface area contributed by atoms with E-state index in [9.17, 15) is 9.59 Å². The van der Waals surface area contributed by atoms with Crippen LogP contribution in [-0.2, 0) is 11.3 Å². The maximum Gasteiger partial charge on any atom is 0.254 e. The first kappa shape index (κ1) is 18.8. The first-order chi connectivity index (χ1) is 14.0. The predicted molar refractivity (Wildman–Crippen MR) is 107 cm³/mol. The Morgan fingerprint density at radius 3 is 2.83 bits per heavy atom. The average molecular weight is 414 g/mol. The van der Waals surface area contributed by atoms with E-state index >= 15 is 0 Å². The molecule has 4 rings (SSSR count). The molecule has 1 N–H and O–H groups in total. The third-order valence-corrected chi connectivity index (χ3v) is 4.53. The Bertz CT molecular complexity index is 1150. The van der Waals surface area contributed by atoms with Crippen molar-refractivity contribution < 1.29 is 19.0 Å². The molecule has 8 nitrogen and oxygen atoms in total. The number of benzene rings is 2. The molecule has 0 atom stereocenters. The molecule has 0 bridgehead atoms. The number of carbonyl (C=O) groups is 1. The van der Waals surface area contributed by atoms with Gasteiger partial charge >= 0.3 is 0 Å². The number of hydrogen-bond acceptors (Lipinski definition) is 6. The van der Waals surface area contributed by atoms with Gasteiger partial charge in [0.25, 0.3) is 5.56 Å². The van der Waals surface area contributed by atoms with Crippen LogP contribution in [0.15, 0.2) is 53.6 Å². The minimum Gasteiger partial charge on any atom is -0.495 e. The van der Waals surface area contributed by atoms with E-state index in [0.717, 1.165) is 0 Å². The van der Waals surface area contributed by atoms with Gasteiger partial charge < -0.3 is 19.5 Å². The zero-order valence-corrected chi connectivity index (χ0v) is 16.1. The molecular formula is C20H16ClN3O5. The number of nitrogens with zero attached hydrogens (tertiary/aromatic N) is 2. The van der Waals surface area contributed by atoms with E-state index in [0.29, 0.717) is 39.2 Å². The summed E-state index contributed by atoms with van der Waals surface area (Å²) in [5, 5.41) is 3.14. The summed E-state index contributed by atoms with van der Waals surface area (Å²) in [7, 11) is 1.49. The van der Waals surface area contributed by atoms with Gasteiger partial charge in [0, 0.05) is 16.7 Å². The maximum atomic E-state index is 12.5. The molecule has 2 aromatic carbocycles. The Balaban J connectivity index is 1.51. The van der Waals surface area contributed by atoms with Gasteiger partial charge in [-0.25, -0.2) is 4.98 Å². The molecule has 1 aliphatic heterocycles. The van der Waals surface area contributed by atoms with Gasteiger partial charge in [0.15, 0.2) is 11.5 Å². The number of methoxy groups -OCH3 is 1. The molecule has 0 radical (unpaired) electrons. The van der Waals surface area contributed by atoms with Crippen LogP contribution in [0.5, 0.6) is 17.2 Å². The van der Waals surface area contributed by atoms with E-state index in [1.54, 1.807) is 36.4 Å². The molecular weight excluding hydrogens is 398 g/mol. The first-order valence-corrected chi connectivity index (χ1v) is 9.01. The van der Waals surface area contributed by atoms with Gasteiger partial charge in [-0.05, 0) is 36.4 Å².